The minimum Gasteiger partial charge on any atom is -0.503 e. The van der Waals surface area contributed by atoms with Crippen LogP contribution in [0.3, 0.4) is 0 Å². The third kappa shape index (κ3) is 3.84. The Morgan fingerprint density at radius 2 is 1.95 bits per heavy atom. The van der Waals surface area contributed by atoms with Crippen LogP contribution in [0.25, 0.3) is 0 Å². The number of hydrogen-bond acceptors (Lipinski definition) is 4. The van der Waals surface area contributed by atoms with E-state index in [9.17, 15) is 9.90 Å². The summed E-state index contributed by atoms with van der Waals surface area (Å²) in [5.41, 5.74) is 0.729. The predicted molar refractivity (Wildman–Crippen MR) is 80.0 cm³/mol. The monoisotopic (exact) mass is 279 g/mol. The van der Waals surface area contributed by atoms with E-state index >= 15 is 0 Å². The van der Waals surface area contributed by atoms with E-state index < -0.39 is 0 Å². The smallest absolute Gasteiger partial charge is 0.223 e. The third-order valence-corrected chi connectivity index (χ3v) is 3.93. The molecule has 1 N–H and O–H groups in total. The van der Waals surface area contributed by atoms with Crippen molar-refractivity contribution in [3.63, 3.8) is 0 Å². The predicted octanol–water partition coefficient (Wildman–Crippen LogP) is 1.10. The summed E-state index contributed by atoms with van der Waals surface area (Å²) in [5, 5.41) is 9.61. The maximum Gasteiger partial charge on any atom is 0.223 e. The van der Waals surface area contributed by atoms with Gasteiger partial charge >= 0.3 is 0 Å². The van der Waals surface area contributed by atoms with Crippen LogP contribution in [0.1, 0.15) is 25.5 Å². The zero-order chi connectivity index (χ0) is 14.5. The van der Waals surface area contributed by atoms with Gasteiger partial charge in [0.05, 0.1) is 6.20 Å². The standard InChI is InChI=1S/C15H25N3O2/c1-3-4-5-18-12-15(20)14(19)10-13(18)11-17-8-6-16(2)7-9-17/h10,12,20H,3-9,11H2,1-2H3. The molecule has 1 aromatic heterocycles. The first-order valence-electron chi connectivity index (χ1n) is 7.43. The van der Waals surface area contributed by atoms with E-state index in [2.05, 4.69) is 23.8 Å². The van der Waals surface area contributed by atoms with Gasteiger partial charge in [-0.05, 0) is 13.5 Å². The van der Waals surface area contributed by atoms with E-state index in [1.165, 1.54) is 0 Å². The number of piperazine rings is 1. The van der Waals surface area contributed by atoms with Crippen molar-refractivity contribution in [1.29, 1.82) is 0 Å². The van der Waals surface area contributed by atoms with Crippen LogP contribution in [0.15, 0.2) is 17.1 Å². The molecule has 0 aromatic carbocycles. The Kier molecular flexibility index (Phi) is 5.20. The summed E-state index contributed by atoms with van der Waals surface area (Å²) in [4.78, 5) is 16.4. The molecule has 1 aliphatic heterocycles. The summed E-state index contributed by atoms with van der Waals surface area (Å²) in [7, 11) is 2.13. The Balaban J connectivity index is 2.12. The second kappa shape index (κ2) is 6.90. The van der Waals surface area contributed by atoms with E-state index in [4.69, 9.17) is 0 Å². The molecule has 5 nitrogen and oxygen atoms in total. The molecule has 0 saturated carbocycles. The normalized spacial score (nSPS) is 17.5. The number of hydrogen-bond donors (Lipinski definition) is 1. The van der Waals surface area contributed by atoms with Crippen molar-refractivity contribution < 1.29 is 5.11 Å². The van der Waals surface area contributed by atoms with Crippen molar-refractivity contribution in [2.75, 3.05) is 33.2 Å². The number of nitrogens with zero attached hydrogens (tertiary/aromatic N) is 3. The Hall–Kier alpha value is -1.33. The molecule has 0 radical (unpaired) electrons. The Labute approximate surface area is 120 Å². The molecule has 0 unspecified atom stereocenters. The average Bonchev–Trinajstić information content (AvgIpc) is 2.43. The minimum atomic E-state index is -0.276. The van der Waals surface area contributed by atoms with Crippen LogP contribution in [0.5, 0.6) is 5.75 Å². The molecular weight excluding hydrogens is 254 g/mol. The first kappa shape index (κ1) is 15.1. The second-order valence-electron chi connectivity index (χ2n) is 5.64. The minimum absolute atomic E-state index is 0.150. The Morgan fingerprint density at radius 3 is 2.60 bits per heavy atom. The molecule has 2 rings (SSSR count). The van der Waals surface area contributed by atoms with E-state index in [1.54, 1.807) is 12.3 Å². The molecule has 1 aliphatic rings. The highest BCUT2D eigenvalue weighted by atomic mass is 16.3. The third-order valence-electron chi connectivity index (χ3n) is 3.93. The zero-order valence-corrected chi connectivity index (χ0v) is 12.5. The lowest BCUT2D eigenvalue weighted by Gasteiger charge is -2.32. The molecule has 0 spiro atoms. The van der Waals surface area contributed by atoms with Gasteiger partial charge in [0.15, 0.2) is 5.75 Å². The summed E-state index contributed by atoms with van der Waals surface area (Å²) in [5.74, 6) is -0.150. The fraction of sp³-hybridized carbons (Fsp3) is 0.667. The first-order valence-corrected chi connectivity index (χ1v) is 7.43. The van der Waals surface area contributed by atoms with Gasteiger partial charge in [-0.2, -0.15) is 0 Å². The van der Waals surface area contributed by atoms with Crippen LogP contribution >= 0.6 is 0 Å². The Bertz CT molecular complexity index is 490. The van der Waals surface area contributed by atoms with Crippen LogP contribution in [-0.2, 0) is 13.1 Å². The molecule has 1 saturated heterocycles. The number of aromatic hydroxyl groups is 1. The van der Waals surface area contributed by atoms with E-state index in [-0.39, 0.29) is 11.2 Å². The second-order valence-corrected chi connectivity index (χ2v) is 5.64. The number of likely N-dealkylation sites (N-methyl/N-ethyl adjacent to an activating group) is 1. The van der Waals surface area contributed by atoms with Crippen molar-refractivity contribution in [3.05, 3.63) is 28.2 Å². The van der Waals surface area contributed by atoms with E-state index in [1.807, 2.05) is 4.57 Å². The van der Waals surface area contributed by atoms with Crippen molar-refractivity contribution >= 4 is 0 Å². The molecule has 0 aliphatic carbocycles. The van der Waals surface area contributed by atoms with E-state index in [0.717, 1.165) is 57.8 Å². The molecular formula is C15H25N3O2. The topological polar surface area (TPSA) is 48.7 Å². The summed E-state index contributed by atoms with van der Waals surface area (Å²) in [6.07, 6.45) is 3.74. The van der Waals surface area contributed by atoms with Crippen LogP contribution in [-0.4, -0.2) is 52.7 Å². The van der Waals surface area contributed by atoms with Crippen LogP contribution in [0.2, 0.25) is 0 Å². The molecule has 0 atom stereocenters. The zero-order valence-electron chi connectivity index (χ0n) is 12.5. The van der Waals surface area contributed by atoms with Gasteiger partial charge in [-0.1, -0.05) is 13.3 Å². The van der Waals surface area contributed by atoms with Gasteiger partial charge in [0.25, 0.3) is 0 Å². The number of pyridine rings is 1. The molecule has 0 bridgehead atoms. The van der Waals surface area contributed by atoms with Crippen molar-refractivity contribution in [2.24, 2.45) is 0 Å². The lowest BCUT2D eigenvalue weighted by atomic mass is 10.2. The van der Waals surface area contributed by atoms with E-state index in [0.29, 0.717) is 0 Å². The molecule has 20 heavy (non-hydrogen) atoms. The molecule has 0 amide bonds. The number of rotatable bonds is 5. The highest BCUT2D eigenvalue weighted by Gasteiger charge is 2.16. The molecule has 112 valence electrons. The SMILES string of the molecule is CCCCn1cc(O)c(=O)cc1CN1CCN(C)CC1. The van der Waals surface area contributed by atoms with Gasteiger partial charge in [0, 0.05) is 51.0 Å². The highest BCUT2D eigenvalue weighted by Crippen LogP contribution is 2.11. The van der Waals surface area contributed by atoms with Gasteiger partial charge in [0.1, 0.15) is 0 Å². The van der Waals surface area contributed by atoms with Gasteiger partial charge in [0.2, 0.25) is 5.43 Å². The lowest BCUT2D eigenvalue weighted by molar-refractivity contribution is 0.145. The highest BCUT2D eigenvalue weighted by molar-refractivity contribution is 5.20. The van der Waals surface area contributed by atoms with Gasteiger partial charge in [-0.15, -0.1) is 0 Å². The maximum atomic E-state index is 11.7. The molecule has 5 heteroatoms. The van der Waals surface area contributed by atoms with Crippen molar-refractivity contribution in [1.82, 2.24) is 14.4 Å². The number of aromatic nitrogens is 1. The molecule has 2 heterocycles. The lowest BCUT2D eigenvalue weighted by Crippen LogP contribution is -2.44. The number of unbranched alkanes of at least 4 members (excludes halogenated alkanes) is 1. The maximum absolute atomic E-state index is 11.7. The van der Waals surface area contributed by atoms with Crippen molar-refractivity contribution in [3.8, 4) is 5.75 Å². The van der Waals surface area contributed by atoms with Crippen molar-refractivity contribution in [2.45, 2.75) is 32.9 Å². The summed E-state index contributed by atoms with van der Waals surface area (Å²) >= 11 is 0. The molecule has 1 fully saturated rings. The summed E-state index contributed by atoms with van der Waals surface area (Å²) in [6.45, 7) is 7.97. The first-order chi connectivity index (χ1) is 9.60. The number of aryl methyl sites for hydroxylation is 1. The van der Waals surface area contributed by atoms with Crippen LogP contribution < -0.4 is 5.43 Å². The summed E-state index contributed by atoms with van der Waals surface area (Å²) in [6, 6.07) is 1.59. The van der Waals surface area contributed by atoms with Gasteiger partial charge in [-0.25, -0.2) is 0 Å². The fourth-order valence-electron chi connectivity index (χ4n) is 2.51. The quantitative estimate of drug-likeness (QED) is 0.877. The largest absolute Gasteiger partial charge is 0.503 e. The molecule has 1 aromatic rings. The van der Waals surface area contributed by atoms with Crippen LogP contribution in [0, 0.1) is 0 Å². The van der Waals surface area contributed by atoms with Crippen LogP contribution in [0.4, 0.5) is 0 Å². The summed E-state index contributed by atoms with van der Waals surface area (Å²) < 4.78 is 2.03. The fourth-order valence-corrected chi connectivity index (χ4v) is 2.51. The van der Waals surface area contributed by atoms with Gasteiger partial charge < -0.3 is 14.6 Å². The average molecular weight is 279 g/mol. The Morgan fingerprint density at radius 1 is 1.25 bits per heavy atom. The van der Waals surface area contributed by atoms with Gasteiger partial charge in [-0.3, -0.25) is 9.69 Å².